The van der Waals surface area contributed by atoms with Gasteiger partial charge in [-0.25, -0.2) is 12.7 Å². The molecule has 0 radical (unpaired) electrons. The summed E-state index contributed by atoms with van der Waals surface area (Å²) in [5, 5.41) is 2.93. The van der Waals surface area contributed by atoms with Crippen LogP contribution in [0.1, 0.15) is 46.5 Å². The summed E-state index contributed by atoms with van der Waals surface area (Å²) in [6.07, 6.45) is 2.49. The normalized spacial score (nSPS) is 21.4. The van der Waals surface area contributed by atoms with Crippen LogP contribution in [-0.4, -0.2) is 49.1 Å². The van der Waals surface area contributed by atoms with Gasteiger partial charge < -0.3 is 11.1 Å². The molecule has 1 amide bonds. The predicted molar refractivity (Wildman–Crippen MR) is 79.7 cm³/mol. The van der Waals surface area contributed by atoms with Crippen molar-refractivity contribution >= 4 is 15.9 Å². The van der Waals surface area contributed by atoms with Crippen molar-refractivity contribution in [3.8, 4) is 0 Å². The van der Waals surface area contributed by atoms with Gasteiger partial charge in [-0.2, -0.15) is 0 Å². The molecule has 0 spiro atoms. The summed E-state index contributed by atoms with van der Waals surface area (Å²) >= 11 is 0. The summed E-state index contributed by atoms with van der Waals surface area (Å²) in [7, 11) is -3.12. The van der Waals surface area contributed by atoms with Crippen LogP contribution in [0.4, 0.5) is 0 Å². The molecule has 1 atom stereocenters. The molecular formula is C13H27N3O3S. The van der Waals surface area contributed by atoms with Crippen molar-refractivity contribution in [2.45, 2.75) is 58.0 Å². The average Bonchev–Trinajstić information content (AvgIpc) is 2.39. The molecule has 0 aromatic rings. The fraction of sp³-hybridized carbons (Fsp3) is 0.923. The molecule has 0 bridgehead atoms. The number of amides is 1. The van der Waals surface area contributed by atoms with Gasteiger partial charge in [0.15, 0.2) is 0 Å². The first-order valence-electron chi connectivity index (χ1n) is 7.30. The molecule has 118 valence electrons. The summed E-state index contributed by atoms with van der Waals surface area (Å²) in [4.78, 5) is 12.0. The number of nitrogens with zero attached hydrogens (tertiary/aromatic N) is 1. The molecule has 3 N–H and O–H groups in total. The van der Waals surface area contributed by atoms with Crippen LogP contribution in [0.25, 0.3) is 0 Å². The maximum absolute atomic E-state index is 12.0. The molecule has 7 heteroatoms. The van der Waals surface area contributed by atoms with Gasteiger partial charge >= 0.3 is 0 Å². The van der Waals surface area contributed by atoms with Gasteiger partial charge in [-0.15, -0.1) is 0 Å². The second-order valence-electron chi connectivity index (χ2n) is 5.73. The fourth-order valence-electron chi connectivity index (χ4n) is 2.18. The molecule has 1 aliphatic rings. The quantitative estimate of drug-likeness (QED) is 0.744. The van der Waals surface area contributed by atoms with E-state index in [1.54, 1.807) is 6.92 Å². The second-order valence-corrected chi connectivity index (χ2v) is 7.82. The smallest absolute Gasteiger partial charge is 0.240 e. The standard InChI is InChI=1S/C13H27N3O3S/c1-4-10-20(18,19)16-8-6-11(7-9-16)15-12(17)13(3,14)5-2/h11H,4-10,14H2,1-3H3,(H,15,17). The minimum Gasteiger partial charge on any atom is -0.352 e. The number of sulfonamides is 1. The van der Waals surface area contributed by atoms with Crippen LogP contribution in [0.5, 0.6) is 0 Å². The van der Waals surface area contributed by atoms with Gasteiger partial charge in [0.25, 0.3) is 0 Å². The van der Waals surface area contributed by atoms with Gasteiger partial charge in [0.1, 0.15) is 0 Å². The number of rotatable bonds is 6. The molecule has 1 heterocycles. The zero-order valence-corrected chi connectivity index (χ0v) is 13.5. The van der Waals surface area contributed by atoms with Crippen molar-refractivity contribution in [2.75, 3.05) is 18.8 Å². The highest BCUT2D eigenvalue weighted by molar-refractivity contribution is 7.89. The van der Waals surface area contributed by atoms with E-state index >= 15 is 0 Å². The Hall–Kier alpha value is -0.660. The number of nitrogens with one attached hydrogen (secondary N) is 1. The maximum Gasteiger partial charge on any atom is 0.240 e. The summed E-state index contributed by atoms with van der Waals surface area (Å²) in [6, 6.07) is 0.0185. The Labute approximate surface area is 122 Å². The van der Waals surface area contributed by atoms with Gasteiger partial charge in [0.2, 0.25) is 15.9 Å². The number of nitrogens with two attached hydrogens (primary N) is 1. The molecule has 0 aromatic heterocycles. The Bertz CT molecular complexity index is 426. The lowest BCUT2D eigenvalue weighted by Gasteiger charge is -2.33. The summed E-state index contributed by atoms with van der Waals surface area (Å²) in [5.41, 5.74) is 5.04. The highest BCUT2D eigenvalue weighted by atomic mass is 32.2. The van der Waals surface area contributed by atoms with E-state index in [9.17, 15) is 13.2 Å². The van der Waals surface area contributed by atoms with Crippen molar-refractivity contribution in [1.29, 1.82) is 0 Å². The molecular weight excluding hydrogens is 278 g/mol. The molecule has 1 rings (SSSR count). The Morgan fingerprint density at radius 2 is 1.90 bits per heavy atom. The van der Waals surface area contributed by atoms with Gasteiger partial charge in [0, 0.05) is 19.1 Å². The maximum atomic E-state index is 12.0. The van der Waals surface area contributed by atoms with Crippen LogP contribution < -0.4 is 11.1 Å². The van der Waals surface area contributed by atoms with Gasteiger partial charge in [0.05, 0.1) is 11.3 Å². The summed E-state index contributed by atoms with van der Waals surface area (Å²) in [5.74, 6) is 0.0376. The number of hydrogen-bond acceptors (Lipinski definition) is 4. The first-order chi connectivity index (χ1) is 9.23. The molecule has 6 nitrogen and oxygen atoms in total. The Morgan fingerprint density at radius 1 is 1.35 bits per heavy atom. The van der Waals surface area contributed by atoms with Crippen LogP contribution in [0.2, 0.25) is 0 Å². The first-order valence-corrected chi connectivity index (χ1v) is 8.91. The predicted octanol–water partition coefficient (Wildman–Crippen LogP) is 0.434. The lowest BCUT2D eigenvalue weighted by molar-refractivity contribution is -0.126. The van der Waals surface area contributed by atoms with E-state index in [-0.39, 0.29) is 17.7 Å². The van der Waals surface area contributed by atoms with E-state index in [2.05, 4.69) is 5.32 Å². The van der Waals surface area contributed by atoms with Gasteiger partial charge in [-0.05, 0) is 32.6 Å². The summed E-state index contributed by atoms with van der Waals surface area (Å²) < 4.78 is 25.4. The average molecular weight is 305 g/mol. The van der Waals surface area contributed by atoms with Crippen molar-refractivity contribution in [1.82, 2.24) is 9.62 Å². The lowest BCUT2D eigenvalue weighted by Crippen LogP contribution is -2.56. The molecule has 1 aliphatic heterocycles. The van der Waals surface area contributed by atoms with E-state index in [0.717, 1.165) is 0 Å². The zero-order valence-electron chi connectivity index (χ0n) is 12.7. The number of carbonyl (C=O) groups excluding carboxylic acids is 1. The van der Waals surface area contributed by atoms with Crippen LogP contribution in [0.3, 0.4) is 0 Å². The monoisotopic (exact) mass is 305 g/mol. The van der Waals surface area contributed by atoms with Crippen LogP contribution >= 0.6 is 0 Å². The molecule has 0 aliphatic carbocycles. The van der Waals surface area contributed by atoms with E-state index in [0.29, 0.717) is 38.8 Å². The van der Waals surface area contributed by atoms with Crippen molar-refractivity contribution in [3.05, 3.63) is 0 Å². The van der Waals surface area contributed by atoms with Crippen molar-refractivity contribution < 1.29 is 13.2 Å². The molecule has 20 heavy (non-hydrogen) atoms. The third-order valence-electron chi connectivity index (χ3n) is 3.90. The molecule has 1 saturated heterocycles. The SMILES string of the molecule is CCCS(=O)(=O)N1CCC(NC(=O)C(C)(N)CC)CC1. The van der Waals surface area contributed by atoms with Crippen LogP contribution in [0.15, 0.2) is 0 Å². The summed E-state index contributed by atoms with van der Waals surface area (Å²) in [6.45, 7) is 6.39. The zero-order chi connectivity index (χ0) is 15.4. The Kier molecular flexibility index (Phi) is 5.97. The number of carbonyl (C=O) groups is 1. The second kappa shape index (κ2) is 6.87. The fourth-order valence-corrected chi connectivity index (χ4v) is 3.72. The van der Waals surface area contributed by atoms with E-state index < -0.39 is 15.6 Å². The Balaban J connectivity index is 2.49. The molecule has 1 unspecified atom stereocenters. The highest BCUT2D eigenvalue weighted by Crippen LogP contribution is 2.16. The highest BCUT2D eigenvalue weighted by Gasteiger charge is 2.31. The van der Waals surface area contributed by atoms with E-state index in [1.165, 1.54) is 4.31 Å². The van der Waals surface area contributed by atoms with E-state index in [1.807, 2.05) is 13.8 Å². The lowest BCUT2D eigenvalue weighted by atomic mass is 9.97. The Morgan fingerprint density at radius 3 is 2.35 bits per heavy atom. The first kappa shape index (κ1) is 17.4. The van der Waals surface area contributed by atoms with Crippen molar-refractivity contribution in [2.24, 2.45) is 5.73 Å². The number of hydrogen-bond donors (Lipinski definition) is 2. The third-order valence-corrected chi connectivity index (χ3v) is 5.97. The van der Waals surface area contributed by atoms with Crippen LogP contribution in [-0.2, 0) is 14.8 Å². The largest absolute Gasteiger partial charge is 0.352 e. The number of piperidine rings is 1. The molecule has 1 fully saturated rings. The van der Waals surface area contributed by atoms with Gasteiger partial charge in [-0.3, -0.25) is 4.79 Å². The minimum atomic E-state index is -3.12. The van der Waals surface area contributed by atoms with Crippen molar-refractivity contribution in [3.63, 3.8) is 0 Å². The van der Waals surface area contributed by atoms with Gasteiger partial charge in [-0.1, -0.05) is 13.8 Å². The topological polar surface area (TPSA) is 92.5 Å². The molecule has 0 aromatic carbocycles. The third kappa shape index (κ3) is 4.43. The van der Waals surface area contributed by atoms with E-state index in [4.69, 9.17) is 5.73 Å². The minimum absolute atomic E-state index is 0.0185. The van der Waals surface area contributed by atoms with Crippen LogP contribution in [0, 0.1) is 0 Å². The molecule has 0 saturated carbocycles.